The van der Waals surface area contributed by atoms with E-state index in [4.69, 9.17) is 16.6 Å². The van der Waals surface area contributed by atoms with Crippen LogP contribution in [0.2, 0.25) is 0 Å². The van der Waals surface area contributed by atoms with Crippen LogP contribution >= 0.6 is 0 Å². The molecule has 0 aromatic rings. The lowest BCUT2D eigenvalue weighted by atomic mass is 9.96. The highest BCUT2D eigenvalue weighted by Gasteiger charge is 2.33. The molecule has 7 heteroatoms. The second kappa shape index (κ2) is 6.95. The highest BCUT2D eigenvalue weighted by molar-refractivity contribution is 5.78. The molecule has 17 heavy (non-hydrogen) atoms. The summed E-state index contributed by atoms with van der Waals surface area (Å²) in [6.07, 6.45) is 0.974. The predicted molar refractivity (Wildman–Crippen MR) is 61.1 cm³/mol. The molecule has 5 nitrogen and oxygen atoms in total. The molecule has 0 aliphatic carbocycles. The Bertz CT molecular complexity index is 328. The first-order valence-corrected chi connectivity index (χ1v) is 5.01. The number of allylic oxidation sites excluding steroid dienone is 1. The molecule has 0 aliphatic heterocycles. The van der Waals surface area contributed by atoms with Crippen LogP contribution in [0, 0.1) is 0 Å². The van der Waals surface area contributed by atoms with E-state index < -0.39 is 24.0 Å². The van der Waals surface area contributed by atoms with Crippen molar-refractivity contribution in [1.82, 2.24) is 0 Å². The van der Waals surface area contributed by atoms with Crippen molar-refractivity contribution in [3.8, 4) is 0 Å². The molecule has 98 valence electrons. The number of rotatable bonds is 7. The molecule has 0 rings (SSSR count). The zero-order chi connectivity index (χ0) is 13.5. The van der Waals surface area contributed by atoms with Crippen molar-refractivity contribution in [2.24, 2.45) is 16.5 Å². The number of nitrogens with two attached hydrogens (primary N) is 2. The first kappa shape index (κ1) is 15.5. The van der Waals surface area contributed by atoms with E-state index in [1.165, 1.54) is 6.92 Å². The van der Waals surface area contributed by atoms with Crippen molar-refractivity contribution in [2.75, 3.05) is 13.2 Å². The first-order chi connectivity index (χ1) is 7.81. The number of hydrogen-bond donors (Lipinski definition) is 3. The molecule has 0 aliphatic rings. The number of hydrogen-bond acceptors (Lipinski definition) is 3. The van der Waals surface area contributed by atoms with Gasteiger partial charge in [0.15, 0.2) is 0 Å². The number of carboxylic acid groups (broad SMARTS) is 1. The van der Waals surface area contributed by atoms with Gasteiger partial charge in [0, 0.05) is 0 Å². The summed E-state index contributed by atoms with van der Waals surface area (Å²) in [5.74, 6) is -1.75. The molecule has 0 spiro atoms. The molecule has 0 saturated carbocycles. The van der Waals surface area contributed by atoms with Crippen molar-refractivity contribution < 1.29 is 18.7 Å². The van der Waals surface area contributed by atoms with Crippen LogP contribution < -0.4 is 11.5 Å². The third kappa shape index (κ3) is 5.96. The summed E-state index contributed by atoms with van der Waals surface area (Å²) < 4.78 is 25.5. The van der Waals surface area contributed by atoms with Crippen LogP contribution in [0.25, 0.3) is 0 Å². The van der Waals surface area contributed by atoms with Gasteiger partial charge in [0.05, 0.1) is 12.4 Å². The fourth-order valence-corrected chi connectivity index (χ4v) is 0.982. The number of alkyl halides is 1. The Hall–Kier alpha value is -1.50. The largest absolute Gasteiger partial charge is 0.480 e. The Morgan fingerprint density at radius 2 is 2.18 bits per heavy atom. The lowest BCUT2D eigenvalue weighted by Gasteiger charge is -2.19. The van der Waals surface area contributed by atoms with E-state index in [9.17, 15) is 13.6 Å². The maximum Gasteiger partial charge on any atom is 0.326 e. The molecule has 0 fully saturated rings. The van der Waals surface area contributed by atoms with Crippen LogP contribution in [-0.2, 0) is 4.79 Å². The van der Waals surface area contributed by atoms with Gasteiger partial charge in [-0.15, -0.1) is 0 Å². The molecule has 0 unspecified atom stereocenters. The number of aliphatic carboxylic acids is 1. The van der Waals surface area contributed by atoms with Gasteiger partial charge in [0.1, 0.15) is 18.0 Å². The summed E-state index contributed by atoms with van der Waals surface area (Å²) in [6, 6.07) is 0. The zero-order valence-electron chi connectivity index (χ0n) is 9.62. The Kier molecular flexibility index (Phi) is 6.34. The third-order valence-corrected chi connectivity index (χ3v) is 2.10. The maximum absolute atomic E-state index is 13.1. The van der Waals surface area contributed by atoms with Crippen LogP contribution in [0.5, 0.6) is 0 Å². The van der Waals surface area contributed by atoms with Gasteiger partial charge in [-0.2, -0.15) is 0 Å². The number of carboxylic acids is 1. The number of aliphatic imine (C=N–C) groups is 1. The summed E-state index contributed by atoms with van der Waals surface area (Å²) in [4.78, 5) is 14.2. The van der Waals surface area contributed by atoms with E-state index in [-0.39, 0.29) is 25.2 Å². The van der Waals surface area contributed by atoms with Crippen molar-refractivity contribution >= 4 is 11.8 Å². The quantitative estimate of drug-likeness (QED) is 0.457. The van der Waals surface area contributed by atoms with Crippen LogP contribution in [0.15, 0.2) is 16.9 Å². The zero-order valence-corrected chi connectivity index (χ0v) is 9.62. The smallest absolute Gasteiger partial charge is 0.326 e. The van der Waals surface area contributed by atoms with Crippen molar-refractivity contribution in [3.63, 3.8) is 0 Å². The Labute approximate surface area is 98.2 Å². The average Bonchev–Trinajstić information content (AvgIpc) is 2.25. The fourth-order valence-electron chi connectivity index (χ4n) is 0.982. The van der Waals surface area contributed by atoms with E-state index in [1.807, 2.05) is 0 Å². The van der Waals surface area contributed by atoms with Gasteiger partial charge in [0.2, 0.25) is 0 Å². The van der Waals surface area contributed by atoms with Gasteiger partial charge in [-0.3, -0.25) is 9.79 Å². The normalized spacial score (nSPS) is 16.7. The summed E-state index contributed by atoms with van der Waals surface area (Å²) >= 11 is 0. The predicted octanol–water partition coefficient (Wildman–Crippen LogP) is 0.749. The van der Waals surface area contributed by atoms with Gasteiger partial charge < -0.3 is 16.6 Å². The van der Waals surface area contributed by atoms with Crippen LogP contribution in [0.1, 0.15) is 19.8 Å². The molecule has 0 heterocycles. The van der Waals surface area contributed by atoms with Crippen molar-refractivity contribution in [3.05, 3.63) is 11.9 Å². The average molecular weight is 249 g/mol. The minimum Gasteiger partial charge on any atom is -0.480 e. The minimum absolute atomic E-state index is 0.0255. The monoisotopic (exact) mass is 249 g/mol. The first-order valence-electron chi connectivity index (χ1n) is 5.01. The standard InChI is InChI=1S/C10H17F2N3O2/c1-7(13)15-5-8(12)3-2-4-10(14,6-11)9(16)17/h3H,2,4-6,14H2,1H3,(H2,13,15)(H,16,17)/t10-/m1/s1. The summed E-state index contributed by atoms with van der Waals surface area (Å²) in [7, 11) is 0. The minimum atomic E-state index is -1.95. The number of amidine groups is 1. The molecule has 0 bridgehead atoms. The number of nitrogens with zero attached hydrogens (tertiary/aromatic N) is 1. The molecular formula is C10H17F2N3O2. The Morgan fingerprint density at radius 1 is 1.59 bits per heavy atom. The molecule has 0 radical (unpaired) electrons. The van der Waals surface area contributed by atoms with E-state index in [0.717, 1.165) is 6.08 Å². The van der Waals surface area contributed by atoms with Crippen molar-refractivity contribution in [1.29, 1.82) is 0 Å². The lowest BCUT2D eigenvalue weighted by Crippen LogP contribution is -2.49. The maximum atomic E-state index is 13.1. The van der Waals surface area contributed by atoms with E-state index in [0.29, 0.717) is 0 Å². The number of carbonyl (C=O) groups is 1. The second-order valence-corrected chi connectivity index (χ2v) is 3.74. The Morgan fingerprint density at radius 3 is 2.59 bits per heavy atom. The molecular weight excluding hydrogens is 232 g/mol. The molecule has 0 aromatic heterocycles. The van der Waals surface area contributed by atoms with E-state index in [1.54, 1.807) is 0 Å². The van der Waals surface area contributed by atoms with Gasteiger partial charge in [-0.05, 0) is 19.8 Å². The summed E-state index contributed by atoms with van der Waals surface area (Å²) in [6.45, 7) is 0.117. The van der Waals surface area contributed by atoms with Crippen molar-refractivity contribution in [2.45, 2.75) is 25.3 Å². The fraction of sp³-hybridized carbons (Fsp3) is 0.600. The van der Waals surface area contributed by atoms with Gasteiger partial charge >= 0.3 is 5.97 Å². The molecule has 0 saturated heterocycles. The Balaban J connectivity index is 4.25. The topological polar surface area (TPSA) is 102 Å². The SMILES string of the molecule is CC(N)=NCC(F)=CCC[C@@](N)(CF)C(=O)O. The van der Waals surface area contributed by atoms with Gasteiger partial charge in [-0.25, -0.2) is 8.78 Å². The summed E-state index contributed by atoms with van der Waals surface area (Å²) in [5, 5.41) is 8.66. The highest BCUT2D eigenvalue weighted by Crippen LogP contribution is 2.13. The molecule has 5 N–H and O–H groups in total. The second-order valence-electron chi connectivity index (χ2n) is 3.74. The molecule has 0 aromatic carbocycles. The van der Waals surface area contributed by atoms with Gasteiger partial charge in [-0.1, -0.05) is 6.08 Å². The van der Waals surface area contributed by atoms with E-state index in [2.05, 4.69) is 4.99 Å². The van der Waals surface area contributed by atoms with Crippen LogP contribution in [-0.4, -0.2) is 35.7 Å². The van der Waals surface area contributed by atoms with Crippen LogP contribution in [0.4, 0.5) is 8.78 Å². The third-order valence-electron chi connectivity index (χ3n) is 2.10. The molecule has 1 atom stereocenters. The van der Waals surface area contributed by atoms with E-state index >= 15 is 0 Å². The molecule has 0 amide bonds. The van der Waals surface area contributed by atoms with Crippen LogP contribution in [0.3, 0.4) is 0 Å². The lowest BCUT2D eigenvalue weighted by molar-refractivity contribution is -0.144. The summed E-state index contributed by atoms with van der Waals surface area (Å²) in [5.41, 5.74) is 8.53. The highest BCUT2D eigenvalue weighted by atomic mass is 19.1. The number of halogens is 2. The van der Waals surface area contributed by atoms with Gasteiger partial charge in [0.25, 0.3) is 0 Å².